The first-order valence-corrected chi connectivity index (χ1v) is 14.2. The van der Waals surface area contributed by atoms with Crippen LogP contribution in [-0.2, 0) is 11.3 Å². The Morgan fingerprint density at radius 2 is 1.65 bits per heavy atom. The number of anilines is 2. The van der Waals surface area contributed by atoms with E-state index in [0.29, 0.717) is 64.7 Å². The van der Waals surface area contributed by atoms with Crippen LogP contribution in [0.2, 0.25) is 0 Å². The van der Waals surface area contributed by atoms with E-state index in [4.69, 9.17) is 17.2 Å². The lowest BCUT2D eigenvalue weighted by Gasteiger charge is -2.37. The average Bonchev–Trinajstić information content (AvgIpc) is 3.23. The topological polar surface area (TPSA) is 61.2 Å². The SMILES string of the molecule is Cc1ccc(CN2C(=O)/C(=C\c3c(N4CCN(c5ccccc5F)CC4)nc4ccccn4c3=O)SC2=S)cc1. The van der Waals surface area contributed by atoms with Gasteiger partial charge in [0.2, 0.25) is 0 Å². The van der Waals surface area contributed by atoms with Gasteiger partial charge in [0.1, 0.15) is 21.6 Å². The number of para-hydroxylation sites is 1. The van der Waals surface area contributed by atoms with Crippen LogP contribution in [0.1, 0.15) is 16.7 Å². The van der Waals surface area contributed by atoms with Gasteiger partial charge in [0, 0.05) is 32.4 Å². The molecule has 2 saturated heterocycles. The highest BCUT2D eigenvalue weighted by molar-refractivity contribution is 8.26. The lowest BCUT2D eigenvalue weighted by molar-refractivity contribution is -0.122. The minimum absolute atomic E-state index is 0.233. The second-order valence-corrected chi connectivity index (χ2v) is 11.4. The van der Waals surface area contributed by atoms with Gasteiger partial charge in [-0.1, -0.05) is 72.0 Å². The van der Waals surface area contributed by atoms with E-state index in [1.165, 1.54) is 22.2 Å². The van der Waals surface area contributed by atoms with Gasteiger partial charge in [-0.15, -0.1) is 0 Å². The van der Waals surface area contributed by atoms with Crippen molar-refractivity contribution in [2.75, 3.05) is 36.0 Å². The molecule has 6 rings (SSSR count). The number of carbonyl (C=O) groups excluding carboxylic acids is 1. The van der Waals surface area contributed by atoms with Gasteiger partial charge in [0.25, 0.3) is 11.5 Å². The molecule has 2 fully saturated rings. The molecule has 0 aliphatic carbocycles. The minimum atomic E-state index is -0.263. The number of aryl methyl sites for hydroxylation is 1. The molecule has 10 heteroatoms. The van der Waals surface area contributed by atoms with Crippen molar-refractivity contribution in [1.29, 1.82) is 0 Å². The summed E-state index contributed by atoms with van der Waals surface area (Å²) in [5, 5.41) is 0. The molecular weight excluding hydrogens is 545 g/mol. The number of rotatable bonds is 5. The van der Waals surface area contributed by atoms with E-state index >= 15 is 0 Å². The van der Waals surface area contributed by atoms with E-state index in [2.05, 4.69) is 0 Å². The number of carbonyl (C=O) groups is 1. The Kier molecular flexibility index (Phi) is 7.12. The lowest BCUT2D eigenvalue weighted by Crippen LogP contribution is -2.47. The fourth-order valence-electron chi connectivity index (χ4n) is 4.97. The van der Waals surface area contributed by atoms with Crippen LogP contribution in [-0.4, -0.2) is 50.7 Å². The molecule has 202 valence electrons. The van der Waals surface area contributed by atoms with E-state index in [9.17, 15) is 14.0 Å². The van der Waals surface area contributed by atoms with Gasteiger partial charge >= 0.3 is 0 Å². The maximum Gasteiger partial charge on any atom is 0.267 e. The van der Waals surface area contributed by atoms with Crippen LogP contribution in [0.5, 0.6) is 0 Å². The van der Waals surface area contributed by atoms with Crippen LogP contribution < -0.4 is 15.4 Å². The highest BCUT2D eigenvalue weighted by Crippen LogP contribution is 2.35. The molecule has 2 aliphatic rings. The lowest BCUT2D eigenvalue weighted by atomic mass is 10.1. The molecule has 1 amide bonds. The normalized spacial score (nSPS) is 16.9. The Hall–Kier alpha value is -4.02. The van der Waals surface area contributed by atoms with Gasteiger partial charge in [0.15, 0.2) is 0 Å². The molecule has 40 heavy (non-hydrogen) atoms. The maximum absolute atomic E-state index is 14.4. The first-order valence-electron chi connectivity index (χ1n) is 13.0. The van der Waals surface area contributed by atoms with Crippen molar-refractivity contribution in [1.82, 2.24) is 14.3 Å². The smallest absolute Gasteiger partial charge is 0.267 e. The van der Waals surface area contributed by atoms with E-state index in [1.54, 1.807) is 41.4 Å². The van der Waals surface area contributed by atoms with Crippen molar-refractivity contribution in [3.05, 3.63) is 111 Å². The molecule has 2 aromatic carbocycles. The predicted molar refractivity (Wildman–Crippen MR) is 162 cm³/mol. The molecule has 0 atom stereocenters. The zero-order valence-corrected chi connectivity index (χ0v) is 23.4. The minimum Gasteiger partial charge on any atom is -0.366 e. The summed E-state index contributed by atoms with van der Waals surface area (Å²) < 4.78 is 16.3. The summed E-state index contributed by atoms with van der Waals surface area (Å²) in [6.07, 6.45) is 3.30. The predicted octanol–water partition coefficient (Wildman–Crippen LogP) is 4.87. The summed E-state index contributed by atoms with van der Waals surface area (Å²) in [6.45, 7) is 4.59. The molecule has 0 bridgehead atoms. The van der Waals surface area contributed by atoms with Gasteiger partial charge < -0.3 is 9.80 Å². The van der Waals surface area contributed by atoms with Crippen LogP contribution in [0.15, 0.2) is 82.6 Å². The average molecular weight is 572 g/mol. The van der Waals surface area contributed by atoms with Crippen molar-refractivity contribution in [3.63, 3.8) is 0 Å². The van der Waals surface area contributed by atoms with Gasteiger partial charge in [-0.3, -0.25) is 18.9 Å². The quantitative estimate of drug-likeness (QED) is 0.250. The number of pyridine rings is 1. The summed E-state index contributed by atoms with van der Waals surface area (Å²) in [6, 6.07) is 20.1. The van der Waals surface area contributed by atoms with Crippen LogP contribution in [0.25, 0.3) is 11.7 Å². The summed E-state index contributed by atoms with van der Waals surface area (Å²) in [7, 11) is 0. The molecule has 0 saturated carbocycles. The van der Waals surface area contributed by atoms with E-state index in [0.717, 1.165) is 11.1 Å². The van der Waals surface area contributed by atoms with Gasteiger partial charge in [-0.25, -0.2) is 9.37 Å². The Labute approximate surface area is 240 Å². The number of thioether (sulfide) groups is 1. The van der Waals surface area contributed by atoms with E-state index < -0.39 is 0 Å². The first kappa shape index (κ1) is 26.2. The Morgan fingerprint density at radius 1 is 0.950 bits per heavy atom. The number of thiocarbonyl (C=S) groups is 1. The largest absolute Gasteiger partial charge is 0.366 e. The fourth-order valence-corrected chi connectivity index (χ4v) is 6.21. The Bertz CT molecular complexity index is 1710. The van der Waals surface area contributed by atoms with Gasteiger partial charge in [0.05, 0.1) is 22.7 Å². The monoisotopic (exact) mass is 571 g/mol. The highest BCUT2D eigenvalue weighted by atomic mass is 32.2. The zero-order chi connectivity index (χ0) is 27.8. The second-order valence-electron chi connectivity index (χ2n) is 9.76. The van der Waals surface area contributed by atoms with Crippen LogP contribution in [0.4, 0.5) is 15.9 Å². The molecule has 2 aliphatic heterocycles. The Morgan fingerprint density at radius 3 is 2.40 bits per heavy atom. The molecule has 7 nitrogen and oxygen atoms in total. The molecule has 2 aromatic heterocycles. The molecule has 0 spiro atoms. The van der Waals surface area contributed by atoms with E-state index in [-0.39, 0.29) is 17.3 Å². The number of amides is 1. The molecule has 0 N–H and O–H groups in total. The molecular formula is C30H26FN5O2S2. The van der Waals surface area contributed by atoms with Crippen molar-refractivity contribution in [3.8, 4) is 0 Å². The number of nitrogens with zero attached hydrogens (tertiary/aromatic N) is 5. The van der Waals surface area contributed by atoms with Crippen molar-refractivity contribution < 1.29 is 9.18 Å². The van der Waals surface area contributed by atoms with Gasteiger partial charge in [-0.05, 0) is 42.8 Å². The first-order chi connectivity index (χ1) is 19.4. The standard InChI is InChI=1S/C30H26FN5O2S2/c1-20-9-11-21(12-10-20)19-36-29(38)25(40-30(36)39)18-22-27(32-26-8-4-5-13-35(26)28(22)37)34-16-14-33(15-17-34)24-7-3-2-6-23(24)31/h2-13,18H,14-17,19H2,1H3/b25-18+. The van der Waals surface area contributed by atoms with Crippen LogP contribution in [0, 0.1) is 12.7 Å². The number of hydrogen-bond acceptors (Lipinski definition) is 7. The van der Waals surface area contributed by atoms with Crippen LogP contribution >= 0.6 is 24.0 Å². The van der Waals surface area contributed by atoms with E-state index in [1.807, 2.05) is 53.1 Å². The zero-order valence-electron chi connectivity index (χ0n) is 21.8. The maximum atomic E-state index is 14.4. The summed E-state index contributed by atoms with van der Waals surface area (Å²) in [5.74, 6) is 0.0167. The summed E-state index contributed by atoms with van der Waals surface area (Å²) >= 11 is 6.75. The number of halogens is 1. The third-order valence-electron chi connectivity index (χ3n) is 7.13. The molecule has 4 heterocycles. The van der Waals surface area contributed by atoms with Gasteiger partial charge in [-0.2, -0.15) is 0 Å². The number of aromatic nitrogens is 2. The third kappa shape index (κ3) is 5.00. The molecule has 4 aromatic rings. The number of benzene rings is 2. The molecule has 0 unspecified atom stereocenters. The number of fused-ring (bicyclic) bond motifs is 1. The van der Waals surface area contributed by atoms with Crippen molar-refractivity contribution >= 4 is 57.4 Å². The highest BCUT2D eigenvalue weighted by Gasteiger charge is 2.33. The van der Waals surface area contributed by atoms with Crippen molar-refractivity contribution in [2.45, 2.75) is 13.5 Å². The Balaban J connectivity index is 1.33. The molecule has 0 radical (unpaired) electrons. The fraction of sp³-hybridized carbons (Fsp3) is 0.200. The number of piperazine rings is 1. The third-order valence-corrected chi connectivity index (χ3v) is 8.51. The summed E-state index contributed by atoms with van der Waals surface area (Å²) in [5.41, 5.74) is 3.26. The van der Waals surface area contributed by atoms with Crippen molar-refractivity contribution in [2.24, 2.45) is 0 Å². The number of hydrogen-bond donors (Lipinski definition) is 0. The second kappa shape index (κ2) is 10.9. The summed E-state index contributed by atoms with van der Waals surface area (Å²) in [4.78, 5) is 38.0. The van der Waals surface area contributed by atoms with Crippen LogP contribution in [0.3, 0.4) is 0 Å².